The van der Waals surface area contributed by atoms with Gasteiger partial charge in [0.15, 0.2) is 0 Å². The minimum absolute atomic E-state index is 0.0381. The fourth-order valence-corrected chi connectivity index (χ4v) is 1.23. The smallest absolute Gasteiger partial charge is 0.225 e. The highest BCUT2D eigenvalue weighted by Crippen LogP contribution is 2.08. The second-order valence-corrected chi connectivity index (χ2v) is 3.07. The third-order valence-electron chi connectivity index (χ3n) is 2.00. The number of hydrogen-bond donors (Lipinski definition) is 2. The molecule has 0 aromatic rings. The zero-order valence-electron chi connectivity index (χ0n) is 7.51. The fraction of sp³-hybridized carbons (Fsp3) is 0.556. The van der Waals surface area contributed by atoms with E-state index in [0.717, 1.165) is 6.42 Å². The number of nitrogens with one attached hydrogen (secondary N) is 2. The van der Waals surface area contributed by atoms with E-state index in [0.29, 0.717) is 19.5 Å². The van der Waals surface area contributed by atoms with Gasteiger partial charge in [0.2, 0.25) is 11.8 Å². The standard InChI is InChI=1S/C9H14N2O2/c1-2-3-4-10-9(13)7-5-8(12)11-6-7/h2,7H,1,3-6H2,(H,10,13)(H,11,12). The number of hydrogen-bond acceptors (Lipinski definition) is 2. The van der Waals surface area contributed by atoms with Crippen LogP contribution < -0.4 is 10.6 Å². The molecule has 0 bridgehead atoms. The Labute approximate surface area is 77.4 Å². The second-order valence-electron chi connectivity index (χ2n) is 3.07. The van der Waals surface area contributed by atoms with Gasteiger partial charge in [0.1, 0.15) is 0 Å². The zero-order valence-corrected chi connectivity index (χ0v) is 7.51. The van der Waals surface area contributed by atoms with E-state index in [9.17, 15) is 9.59 Å². The van der Waals surface area contributed by atoms with Crippen LogP contribution in [-0.4, -0.2) is 24.9 Å². The minimum atomic E-state index is -0.183. The lowest BCUT2D eigenvalue weighted by molar-refractivity contribution is -0.126. The first kappa shape index (κ1) is 9.77. The Hall–Kier alpha value is -1.32. The molecule has 2 amide bonds. The molecule has 1 fully saturated rings. The summed E-state index contributed by atoms with van der Waals surface area (Å²) >= 11 is 0. The number of carbonyl (C=O) groups is 2. The van der Waals surface area contributed by atoms with Crippen molar-refractivity contribution in [1.82, 2.24) is 10.6 Å². The average molecular weight is 182 g/mol. The van der Waals surface area contributed by atoms with Gasteiger partial charge in [0.05, 0.1) is 5.92 Å². The third kappa shape index (κ3) is 2.89. The number of rotatable bonds is 4. The summed E-state index contributed by atoms with van der Waals surface area (Å²) < 4.78 is 0. The molecule has 0 saturated carbocycles. The van der Waals surface area contributed by atoms with Crippen molar-refractivity contribution in [2.75, 3.05) is 13.1 Å². The van der Waals surface area contributed by atoms with Gasteiger partial charge in [-0.1, -0.05) is 6.08 Å². The molecule has 1 rings (SSSR count). The molecule has 4 nitrogen and oxygen atoms in total. The van der Waals surface area contributed by atoms with Crippen molar-refractivity contribution in [2.45, 2.75) is 12.8 Å². The maximum atomic E-state index is 11.3. The molecule has 1 aliphatic rings. The van der Waals surface area contributed by atoms with E-state index in [-0.39, 0.29) is 17.7 Å². The summed E-state index contributed by atoms with van der Waals surface area (Å²) in [6, 6.07) is 0. The first-order valence-electron chi connectivity index (χ1n) is 4.39. The van der Waals surface area contributed by atoms with E-state index in [2.05, 4.69) is 17.2 Å². The summed E-state index contributed by atoms with van der Waals surface area (Å²) in [6.45, 7) is 4.62. The molecule has 4 heteroatoms. The molecule has 0 aliphatic carbocycles. The van der Waals surface area contributed by atoms with Gasteiger partial charge < -0.3 is 10.6 Å². The van der Waals surface area contributed by atoms with Crippen LogP contribution in [0.5, 0.6) is 0 Å². The summed E-state index contributed by atoms with van der Waals surface area (Å²) in [5, 5.41) is 5.36. The van der Waals surface area contributed by atoms with Crippen LogP contribution in [0.25, 0.3) is 0 Å². The molecule has 1 atom stereocenters. The van der Waals surface area contributed by atoms with Crippen LogP contribution in [0.2, 0.25) is 0 Å². The van der Waals surface area contributed by atoms with Crippen molar-refractivity contribution < 1.29 is 9.59 Å². The molecular weight excluding hydrogens is 168 g/mol. The predicted octanol–water partition coefficient (Wildman–Crippen LogP) is -0.185. The maximum absolute atomic E-state index is 11.3. The second kappa shape index (κ2) is 4.64. The highest BCUT2D eigenvalue weighted by Gasteiger charge is 2.27. The first-order valence-corrected chi connectivity index (χ1v) is 4.39. The van der Waals surface area contributed by atoms with E-state index in [4.69, 9.17) is 0 Å². The molecule has 13 heavy (non-hydrogen) atoms. The monoisotopic (exact) mass is 182 g/mol. The summed E-state index contributed by atoms with van der Waals surface area (Å²) in [7, 11) is 0. The highest BCUT2D eigenvalue weighted by molar-refractivity contribution is 5.89. The molecule has 1 unspecified atom stereocenters. The van der Waals surface area contributed by atoms with Crippen LogP contribution in [0.3, 0.4) is 0 Å². The molecule has 0 aromatic heterocycles. The molecule has 2 N–H and O–H groups in total. The van der Waals surface area contributed by atoms with E-state index in [1.807, 2.05) is 0 Å². The molecule has 0 aromatic carbocycles. The molecule has 1 heterocycles. The first-order chi connectivity index (χ1) is 6.24. The quantitative estimate of drug-likeness (QED) is 0.468. The van der Waals surface area contributed by atoms with E-state index in [1.165, 1.54) is 0 Å². The lowest BCUT2D eigenvalue weighted by Gasteiger charge is -2.07. The number of carbonyl (C=O) groups excluding carboxylic acids is 2. The van der Waals surface area contributed by atoms with Crippen LogP contribution in [0.1, 0.15) is 12.8 Å². The van der Waals surface area contributed by atoms with Gasteiger partial charge in [-0.25, -0.2) is 0 Å². The lowest BCUT2D eigenvalue weighted by atomic mass is 10.1. The lowest BCUT2D eigenvalue weighted by Crippen LogP contribution is -2.32. The van der Waals surface area contributed by atoms with Gasteiger partial charge in [-0.3, -0.25) is 9.59 Å². The van der Waals surface area contributed by atoms with Crippen molar-refractivity contribution in [3.05, 3.63) is 12.7 Å². The van der Waals surface area contributed by atoms with E-state index in [1.54, 1.807) is 6.08 Å². The Morgan fingerprint density at radius 1 is 1.77 bits per heavy atom. The van der Waals surface area contributed by atoms with E-state index >= 15 is 0 Å². The van der Waals surface area contributed by atoms with Crippen molar-refractivity contribution in [2.24, 2.45) is 5.92 Å². The Kier molecular flexibility index (Phi) is 3.49. The highest BCUT2D eigenvalue weighted by atomic mass is 16.2. The van der Waals surface area contributed by atoms with Gasteiger partial charge in [-0.05, 0) is 6.42 Å². The van der Waals surface area contributed by atoms with E-state index < -0.39 is 0 Å². The Morgan fingerprint density at radius 3 is 3.08 bits per heavy atom. The third-order valence-corrected chi connectivity index (χ3v) is 2.00. The minimum Gasteiger partial charge on any atom is -0.355 e. The Balaban J connectivity index is 2.23. The maximum Gasteiger partial charge on any atom is 0.225 e. The summed E-state index contributed by atoms with van der Waals surface area (Å²) in [5.74, 6) is -0.263. The van der Waals surface area contributed by atoms with Crippen LogP contribution in [-0.2, 0) is 9.59 Å². The SMILES string of the molecule is C=CCCNC(=O)C1CNC(=O)C1. The fourth-order valence-electron chi connectivity index (χ4n) is 1.23. The molecule has 0 spiro atoms. The van der Waals surface area contributed by atoms with Gasteiger partial charge in [-0.15, -0.1) is 6.58 Å². The molecule has 0 radical (unpaired) electrons. The molecule has 1 saturated heterocycles. The topological polar surface area (TPSA) is 58.2 Å². The van der Waals surface area contributed by atoms with Gasteiger partial charge in [0, 0.05) is 19.5 Å². The Bertz CT molecular complexity index is 226. The molecule has 1 aliphatic heterocycles. The van der Waals surface area contributed by atoms with Gasteiger partial charge in [-0.2, -0.15) is 0 Å². The van der Waals surface area contributed by atoms with Crippen LogP contribution >= 0.6 is 0 Å². The largest absolute Gasteiger partial charge is 0.355 e. The zero-order chi connectivity index (χ0) is 9.68. The average Bonchev–Trinajstić information content (AvgIpc) is 2.52. The predicted molar refractivity (Wildman–Crippen MR) is 48.9 cm³/mol. The van der Waals surface area contributed by atoms with Crippen molar-refractivity contribution in [3.8, 4) is 0 Å². The van der Waals surface area contributed by atoms with Gasteiger partial charge in [0.25, 0.3) is 0 Å². The summed E-state index contributed by atoms with van der Waals surface area (Å²) in [4.78, 5) is 22.1. The number of amides is 2. The van der Waals surface area contributed by atoms with Crippen molar-refractivity contribution in [1.29, 1.82) is 0 Å². The summed E-state index contributed by atoms with van der Waals surface area (Å²) in [6.07, 6.45) is 2.83. The molecule has 72 valence electrons. The normalized spacial score (nSPS) is 20.9. The van der Waals surface area contributed by atoms with Crippen molar-refractivity contribution in [3.63, 3.8) is 0 Å². The van der Waals surface area contributed by atoms with Crippen LogP contribution in [0, 0.1) is 5.92 Å². The van der Waals surface area contributed by atoms with Gasteiger partial charge >= 0.3 is 0 Å². The van der Waals surface area contributed by atoms with Crippen LogP contribution in [0.4, 0.5) is 0 Å². The Morgan fingerprint density at radius 2 is 2.54 bits per heavy atom. The molecular formula is C9H14N2O2. The van der Waals surface area contributed by atoms with Crippen LogP contribution in [0.15, 0.2) is 12.7 Å². The van der Waals surface area contributed by atoms with Crippen molar-refractivity contribution >= 4 is 11.8 Å². The summed E-state index contributed by atoms with van der Waals surface area (Å²) in [5.41, 5.74) is 0.